The van der Waals surface area contributed by atoms with Gasteiger partial charge in [0.25, 0.3) is 0 Å². The van der Waals surface area contributed by atoms with Crippen molar-refractivity contribution in [2.45, 2.75) is 38.2 Å². The number of carbonyl (C=O) groups is 1. The predicted octanol–water partition coefficient (Wildman–Crippen LogP) is 3.61. The van der Waals surface area contributed by atoms with Crippen molar-refractivity contribution in [1.82, 2.24) is 5.32 Å². The number of nitrogens with one attached hydrogen (secondary N) is 2. The van der Waals surface area contributed by atoms with E-state index in [4.69, 9.17) is 0 Å². The summed E-state index contributed by atoms with van der Waals surface area (Å²) in [5.74, 6) is 1.05. The minimum atomic E-state index is 0. The Bertz CT molecular complexity index is 424. The molecule has 0 spiro atoms. The van der Waals surface area contributed by atoms with E-state index in [0.717, 1.165) is 11.4 Å². The van der Waals surface area contributed by atoms with Gasteiger partial charge in [-0.05, 0) is 36.4 Å². The van der Waals surface area contributed by atoms with E-state index in [-0.39, 0.29) is 18.3 Å². The van der Waals surface area contributed by atoms with Gasteiger partial charge in [0.1, 0.15) is 0 Å². The maximum absolute atomic E-state index is 11.7. The molecule has 20 heavy (non-hydrogen) atoms. The van der Waals surface area contributed by atoms with Crippen LogP contribution in [0.25, 0.3) is 0 Å². The first-order valence-corrected chi connectivity index (χ1v) is 7.74. The zero-order valence-electron chi connectivity index (χ0n) is 12.7. The van der Waals surface area contributed by atoms with Gasteiger partial charge in [0.05, 0.1) is 0 Å². The molecule has 0 aliphatic heterocycles. The van der Waals surface area contributed by atoms with Crippen LogP contribution in [-0.2, 0) is 10.5 Å². The van der Waals surface area contributed by atoms with Crippen LogP contribution in [0.4, 0.5) is 5.69 Å². The summed E-state index contributed by atoms with van der Waals surface area (Å²) >= 11 is 1.92. The lowest BCUT2D eigenvalue weighted by molar-refractivity contribution is -0.116. The third-order valence-corrected chi connectivity index (χ3v) is 4.04. The van der Waals surface area contributed by atoms with E-state index in [0.29, 0.717) is 18.2 Å². The highest BCUT2D eigenvalue weighted by molar-refractivity contribution is 7.99. The number of anilines is 1. The van der Waals surface area contributed by atoms with Crippen molar-refractivity contribution in [2.24, 2.45) is 0 Å². The zero-order chi connectivity index (χ0) is 14.3. The minimum Gasteiger partial charge on any atom is -0.326 e. The molecule has 0 fully saturated rings. The number of hydrogen-bond donors (Lipinski definition) is 2. The SMILES string of the molecule is CNCCC(=O)Nc1cccc(CSC(C)C)c1C.Cl. The van der Waals surface area contributed by atoms with Gasteiger partial charge in [-0.2, -0.15) is 11.8 Å². The minimum absolute atomic E-state index is 0. The second-order valence-corrected chi connectivity index (χ2v) is 6.42. The monoisotopic (exact) mass is 316 g/mol. The number of amides is 1. The molecular weight excluding hydrogens is 292 g/mol. The Labute approximate surface area is 132 Å². The highest BCUT2D eigenvalue weighted by atomic mass is 35.5. The van der Waals surface area contributed by atoms with Crippen molar-refractivity contribution in [3.8, 4) is 0 Å². The van der Waals surface area contributed by atoms with Crippen LogP contribution >= 0.6 is 24.2 Å². The van der Waals surface area contributed by atoms with Crippen molar-refractivity contribution < 1.29 is 4.79 Å². The van der Waals surface area contributed by atoms with Crippen LogP contribution in [0.1, 0.15) is 31.4 Å². The fraction of sp³-hybridized carbons (Fsp3) is 0.533. The summed E-state index contributed by atoms with van der Waals surface area (Å²) < 4.78 is 0. The molecule has 114 valence electrons. The Morgan fingerprint density at radius 1 is 1.35 bits per heavy atom. The van der Waals surface area contributed by atoms with Gasteiger partial charge in [-0.15, -0.1) is 12.4 Å². The van der Waals surface area contributed by atoms with Crippen LogP contribution in [0, 0.1) is 6.92 Å². The molecule has 0 aliphatic carbocycles. The molecule has 0 atom stereocenters. The lowest BCUT2D eigenvalue weighted by atomic mass is 10.1. The lowest BCUT2D eigenvalue weighted by Gasteiger charge is -2.13. The van der Waals surface area contributed by atoms with E-state index in [2.05, 4.69) is 37.5 Å². The average Bonchev–Trinajstić information content (AvgIpc) is 2.37. The quantitative estimate of drug-likeness (QED) is 0.807. The largest absolute Gasteiger partial charge is 0.326 e. The summed E-state index contributed by atoms with van der Waals surface area (Å²) in [6.07, 6.45) is 0.501. The fourth-order valence-electron chi connectivity index (χ4n) is 1.68. The van der Waals surface area contributed by atoms with Gasteiger partial charge in [-0.1, -0.05) is 26.0 Å². The first-order chi connectivity index (χ1) is 9.04. The van der Waals surface area contributed by atoms with E-state index in [9.17, 15) is 4.79 Å². The summed E-state index contributed by atoms with van der Waals surface area (Å²) in [6.45, 7) is 7.17. The van der Waals surface area contributed by atoms with Crippen LogP contribution in [0.15, 0.2) is 18.2 Å². The van der Waals surface area contributed by atoms with Crippen molar-refractivity contribution in [2.75, 3.05) is 18.9 Å². The van der Waals surface area contributed by atoms with Crippen LogP contribution in [0.5, 0.6) is 0 Å². The molecule has 0 heterocycles. The van der Waals surface area contributed by atoms with E-state index < -0.39 is 0 Å². The first-order valence-electron chi connectivity index (χ1n) is 6.69. The number of rotatable bonds is 7. The molecule has 1 rings (SSSR count). The third kappa shape index (κ3) is 6.64. The van der Waals surface area contributed by atoms with Gasteiger partial charge < -0.3 is 10.6 Å². The van der Waals surface area contributed by atoms with E-state index in [1.54, 1.807) is 0 Å². The maximum Gasteiger partial charge on any atom is 0.225 e. The molecule has 0 aromatic heterocycles. The summed E-state index contributed by atoms with van der Waals surface area (Å²) in [6, 6.07) is 6.11. The Balaban J connectivity index is 0.00000361. The fourth-order valence-corrected chi connectivity index (χ4v) is 2.51. The highest BCUT2D eigenvalue weighted by Crippen LogP contribution is 2.24. The standard InChI is InChI=1S/C15H24N2OS.ClH/c1-11(2)19-10-13-6-5-7-14(12(13)3)17-15(18)8-9-16-4;/h5-7,11,16H,8-10H2,1-4H3,(H,17,18);1H. The molecule has 5 heteroatoms. The topological polar surface area (TPSA) is 41.1 Å². The summed E-state index contributed by atoms with van der Waals surface area (Å²) in [5.41, 5.74) is 3.40. The van der Waals surface area contributed by atoms with Gasteiger partial charge in [0.15, 0.2) is 0 Å². The second-order valence-electron chi connectivity index (χ2n) is 4.85. The summed E-state index contributed by atoms with van der Waals surface area (Å²) in [4.78, 5) is 11.7. The van der Waals surface area contributed by atoms with Crippen LogP contribution in [-0.4, -0.2) is 24.7 Å². The van der Waals surface area contributed by atoms with E-state index in [1.807, 2.05) is 30.9 Å². The van der Waals surface area contributed by atoms with Crippen molar-refractivity contribution in [3.05, 3.63) is 29.3 Å². The molecule has 0 saturated carbocycles. The predicted molar refractivity (Wildman–Crippen MR) is 92.0 cm³/mol. The normalized spacial score (nSPS) is 10.2. The van der Waals surface area contributed by atoms with Crippen molar-refractivity contribution in [1.29, 1.82) is 0 Å². The molecule has 0 unspecified atom stereocenters. The molecule has 1 aromatic rings. The number of halogens is 1. The molecule has 2 N–H and O–H groups in total. The summed E-state index contributed by atoms with van der Waals surface area (Å²) in [7, 11) is 1.85. The van der Waals surface area contributed by atoms with E-state index >= 15 is 0 Å². The van der Waals surface area contributed by atoms with Crippen LogP contribution in [0.2, 0.25) is 0 Å². The molecule has 0 saturated heterocycles. The number of thioether (sulfide) groups is 1. The molecule has 0 bridgehead atoms. The molecule has 1 aromatic carbocycles. The molecule has 3 nitrogen and oxygen atoms in total. The van der Waals surface area contributed by atoms with Crippen LogP contribution < -0.4 is 10.6 Å². The van der Waals surface area contributed by atoms with Crippen molar-refractivity contribution in [3.63, 3.8) is 0 Å². The number of carbonyl (C=O) groups excluding carboxylic acids is 1. The van der Waals surface area contributed by atoms with E-state index in [1.165, 1.54) is 11.1 Å². The van der Waals surface area contributed by atoms with Crippen molar-refractivity contribution >= 4 is 35.8 Å². The molecular formula is C15H25ClN2OS. The maximum atomic E-state index is 11.7. The van der Waals surface area contributed by atoms with Gasteiger partial charge >= 0.3 is 0 Å². The van der Waals surface area contributed by atoms with Gasteiger partial charge in [0, 0.05) is 24.4 Å². The second kappa shape index (κ2) is 10.1. The Morgan fingerprint density at radius 2 is 2.05 bits per heavy atom. The Kier molecular flexibility index (Phi) is 9.72. The Hall–Kier alpha value is -0.710. The zero-order valence-corrected chi connectivity index (χ0v) is 14.3. The van der Waals surface area contributed by atoms with Gasteiger partial charge in [-0.3, -0.25) is 4.79 Å². The Morgan fingerprint density at radius 3 is 2.65 bits per heavy atom. The average molecular weight is 317 g/mol. The smallest absolute Gasteiger partial charge is 0.225 e. The van der Waals surface area contributed by atoms with Gasteiger partial charge in [-0.25, -0.2) is 0 Å². The van der Waals surface area contributed by atoms with Crippen LogP contribution in [0.3, 0.4) is 0 Å². The first kappa shape index (κ1) is 19.3. The number of benzene rings is 1. The lowest BCUT2D eigenvalue weighted by Crippen LogP contribution is -2.19. The molecule has 0 radical (unpaired) electrons. The highest BCUT2D eigenvalue weighted by Gasteiger charge is 2.08. The summed E-state index contributed by atoms with van der Waals surface area (Å²) in [5, 5.41) is 6.58. The van der Waals surface area contributed by atoms with Gasteiger partial charge in [0.2, 0.25) is 5.91 Å². The molecule has 0 aliphatic rings. The number of hydrogen-bond acceptors (Lipinski definition) is 3. The third-order valence-electron chi connectivity index (χ3n) is 2.89. The molecule has 1 amide bonds.